The van der Waals surface area contributed by atoms with E-state index in [1.807, 2.05) is 61.5 Å². The molecule has 0 saturated carbocycles. The lowest BCUT2D eigenvalue weighted by molar-refractivity contribution is 0.415. The molecule has 0 spiro atoms. The van der Waals surface area contributed by atoms with Crippen LogP contribution in [0.4, 0.5) is 17.1 Å². The van der Waals surface area contributed by atoms with Crippen LogP contribution in [0.25, 0.3) is 22.0 Å². The van der Waals surface area contributed by atoms with Crippen molar-refractivity contribution in [3.63, 3.8) is 0 Å². The predicted molar refractivity (Wildman–Crippen MR) is 137 cm³/mol. The van der Waals surface area contributed by atoms with Crippen molar-refractivity contribution >= 4 is 28.0 Å². The average Bonchev–Trinajstić information content (AvgIpc) is 2.87. The lowest BCUT2D eigenvalue weighted by atomic mass is 9.96. The normalized spacial score (nSPS) is 13.0. The Morgan fingerprint density at radius 1 is 0.941 bits per heavy atom. The van der Waals surface area contributed by atoms with Gasteiger partial charge in [0.15, 0.2) is 0 Å². The molecule has 0 aliphatic carbocycles. The standard InChI is InChI=1S/C28H26N4O2/c1-18-12-23-24(31(3)28(18)33)14-21(34-4)15-25(23)32-11-10-30(2)26-16-22(19-8-6-5-7-9-19)20(17-29)13-27(26)32/h5-9,12-16H,10-11H2,1-4H3. The van der Waals surface area contributed by atoms with Gasteiger partial charge in [0.2, 0.25) is 0 Å². The highest BCUT2D eigenvalue weighted by atomic mass is 16.5. The molecule has 0 N–H and O–H groups in total. The lowest BCUT2D eigenvalue weighted by Crippen LogP contribution is -2.37. The summed E-state index contributed by atoms with van der Waals surface area (Å²) < 4.78 is 7.28. The molecular formula is C28H26N4O2. The molecule has 0 fully saturated rings. The summed E-state index contributed by atoms with van der Waals surface area (Å²) in [6.07, 6.45) is 0. The zero-order valence-electron chi connectivity index (χ0n) is 19.8. The summed E-state index contributed by atoms with van der Waals surface area (Å²) in [6.45, 7) is 3.40. The monoisotopic (exact) mass is 450 g/mol. The number of ether oxygens (including phenoxy) is 1. The Bertz CT molecular complexity index is 1520. The topological polar surface area (TPSA) is 61.5 Å². The fraction of sp³-hybridized carbons (Fsp3) is 0.214. The van der Waals surface area contributed by atoms with Crippen molar-refractivity contribution in [2.75, 3.05) is 37.0 Å². The molecule has 6 nitrogen and oxygen atoms in total. The summed E-state index contributed by atoms with van der Waals surface area (Å²) in [5.74, 6) is 0.684. The Balaban J connectivity index is 1.78. The fourth-order valence-electron chi connectivity index (χ4n) is 4.81. The molecule has 1 aromatic heterocycles. The molecule has 0 radical (unpaired) electrons. The van der Waals surface area contributed by atoms with Gasteiger partial charge in [-0.05, 0) is 30.7 Å². The first kappa shape index (κ1) is 21.6. The summed E-state index contributed by atoms with van der Waals surface area (Å²) in [5.41, 5.74) is 7.02. The van der Waals surface area contributed by atoms with Crippen molar-refractivity contribution in [2.45, 2.75) is 6.92 Å². The maximum Gasteiger partial charge on any atom is 0.253 e. The lowest BCUT2D eigenvalue weighted by Gasteiger charge is -2.38. The number of likely N-dealkylation sites (N-methyl/N-ethyl adjacent to an activating group) is 1. The van der Waals surface area contributed by atoms with Gasteiger partial charge in [0.05, 0.1) is 41.3 Å². The molecule has 1 aliphatic rings. The van der Waals surface area contributed by atoms with Crippen LogP contribution >= 0.6 is 0 Å². The number of aromatic nitrogens is 1. The smallest absolute Gasteiger partial charge is 0.253 e. The number of nitrogens with zero attached hydrogens (tertiary/aromatic N) is 4. The van der Waals surface area contributed by atoms with E-state index >= 15 is 0 Å². The van der Waals surface area contributed by atoms with Gasteiger partial charge < -0.3 is 19.1 Å². The van der Waals surface area contributed by atoms with Gasteiger partial charge in [0, 0.05) is 55.8 Å². The number of anilines is 3. The number of pyridine rings is 1. The fourth-order valence-corrected chi connectivity index (χ4v) is 4.81. The Morgan fingerprint density at radius 2 is 1.71 bits per heavy atom. The van der Waals surface area contributed by atoms with Gasteiger partial charge in [0.1, 0.15) is 5.75 Å². The Kier molecular flexibility index (Phi) is 5.25. The Morgan fingerprint density at radius 3 is 2.41 bits per heavy atom. The summed E-state index contributed by atoms with van der Waals surface area (Å²) >= 11 is 0. The number of aryl methyl sites for hydroxylation is 2. The third-order valence-corrected chi connectivity index (χ3v) is 6.68. The molecule has 34 heavy (non-hydrogen) atoms. The second-order valence-electron chi connectivity index (χ2n) is 8.71. The van der Waals surface area contributed by atoms with E-state index in [1.54, 1.807) is 18.7 Å². The largest absolute Gasteiger partial charge is 0.497 e. The van der Waals surface area contributed by atoms with Crippen LogP contribution in [0.1, 0.15) is 11.1 Å². The minimum atomic E-state index is -0.0234. The maximum absolute atomic E-state index is 12.6. The third-order valence-electron chi connectivity index (χ3n) is 6.68. The first-order valence-electron chi connectivity index (χ1n) is 11.2. The SMILES string of the molecule is COc1cc(N2CCN(C)c3cc(-c4ccccc4)c(C#N)cc32)c2cc(C)c(=O)n(C)c2c1. The number of rotatable bonds is 3. The van der Waals surface area contributed by atoms with Crippen LogP contribution in [0.3, 0.4) is 0 Å². The van der Waals surface area contributed by atoms with Crippen molar-refractivity contribution in [2.24, 2.45) is 7.05 Å². The molecule has 0 unspecified atom stereocenters. The van der Waals surface area contributed by atoms with Gasteiger partial charge in [0.25, 0.3) is 5.56 Å². The van der Waals surface area contributed by atoms with E-state index in [0.29, 0.717) is 16.9 Å². The molecule has 6 heteroatoms. The van der Waals surface area contributed by atoms with Crippen LogP contribution in [0.15, 0.2) is 65.5 Å². The molecule has 2 heterocycles. The van der Waals surface area contributed by atoms with Crippen molar-refractivity contribution in [1.29, 1.82) is 5.26 Å². The first-order valence-corrected chi connectivity index (χ1v) is 11.2. The Hall–Kier alpha value is -4.24. The minimum Gasteiger partial charge on any atom is -0.497 e. The van der Waals surface area contributed by atoms with E-state index in [-0.39, 0.29) is 5.56 Å². The highest BCUT2D eigenvalue weighted by Gasteiger charge is 2.26. The van der Waals surface area contributed by atoms with Crippen molar-refractivity contribution in [3.05, 3.63) is 82.1 Å². The van der Waals surface area contributed by atoms with Gasteiger partial charge in [-0.1, -0.05) is 30.3 Å². The quantitative estimate of drug-likeness (QED) is 0.440. The summed E-state index contributed by atoms with van der Waals surface area (Å²) in [6, 6.07) is 22.4. The zero-order valence-corrected chi connectivity index (χ0v) is 19.8. The van der Waals surface area contributed by atoms with E-state index in [4.69, 9.17) is 4.74 Å². The highest BCUT2D eigenvalue weighted by Crippen LogP contribution is 2.44. The van der Waals surface area contributed by atoms with Crippen molar-refractivity contribution in [3.8, 4) is 22.9 Å². The molecule has 1 aliphatic heterocycles. The van der Waals surface area contributed by atoms with Gasteiger partial charge in [-0.3, -0.25) is 4.79 Å². The molecule has 0 saturated heterocycles. The van der Waals surface area contributed by atoms with E-state index < -0.39 is 0 Å². The number of nitriles is 1. The number of hydrogen-bond acceptors (Lipinski definition) is 5. The molecule has 5 rings (SSSR count). The third kappa shape index (κ3) is 3.37. The minimum absolute atomic E-state index is 0.0234. The van der Waals surface area contributed by atoms with Gasteiger partial charge in [-0.2, -0.15) is 5.26 Å². The molecular weight excluding hydrogens is 424 g/mol. The summed E-state index contributed by atoms with van der Waals surface area (Å²) in [7, 11) is 5.50. The zero-order chi connectivity index (χ0) is 24.0. The second-order valence-corrected chi connectivity index (χ2v) is 8.71. The van der Waals surface area contributed by atoms with Gasteiger partial charge >= 0.3 is 0 Å². The molecule has 0 atom stereocenters. The number of fused-ring (bicyclic) bond motifs is 2. The number of methoxy groups -OCH3 is 1. The number of hydrogen-bond donors (Lipinski definition) is 0. The van der Waals surface area contributed by atoms with Crippen LogP contribution in [0.2, 0.25) is 0 Å². The van der Waals surface area contributed by atoms with Crippen LogP contribution in [-0.4, -0.2) is 31.8 Å². The van der Waals surface area contributed by atoms with E-state index in [0.717, 1.165) is 52.2 Å². The highest BCUT2D eigenvalue weighted by molar-refractivity contribution is 5.98. The van der Waals surface area contributed by atoms with Crippen molar-refractivity contribution in [1.82, 2.24) is 4.57 Å². The molecule has 0 amide bonds. The summed E-state index contributed by atoms with van der Waals surface area (Å²) in [4.78, 5) is 17.1. The molecule has 4 aromatic rings. The molecule has 0 bridgehead atoms. The van der Waals surface area contributed by atoms with Gasteiger partial charge in [-0.25, -0.2) is 0 Å². The Labute approximate surface area is 198 Å². The summed E-state index contributed by atoms with van der Waals surface area (Å²) in [5, 5.41) is 11.0. The van der Waals surface area contributed by atoms with Crippen LogP contribution in [-0.2, 0) is 7.05 Å². The second kappa shape index (κ2) is 8.27. The van der Waals surface area contributed by atoms with Crippen LogP contribution < -0.4 is 20.1 Å². The van der Waals surface area contributed by atoms with E-state index in [2.05, 4.69) is 29.0 Å². The van der Waals surface area contributed by atoms with Crippen LogP contribution in [0.5, 0.6) is 5.75 Å². The number of benzene rings is 3. The predicted octanol–water partition coefficient (Wildman–Crippen LogP) is 4.98. The van der Waals surface area contributed by atoms with Crippen molar-refractivity contribution < 1.29 is 4.74 Å². The maximum atomic E-state index is 12.6. The first-order chi connectivity index (χ1) is 16.4. The van der Waals surface area contributed by atoms with Gasteiger partial charge in [-0.15, -0.1) is 0 Å². The average molecular weight is 451 g/mol. The van der Waals surface area contributed by atoms with E-state index in [1.165, 1.54) is 0 Å². The van der Waals surface area contributed by atoms with Crippen LogP contribution in [0, 0.1) is 18.3 Å². The van der Waals surface area contributed by atoms with E-state index in [9.17, 15) is 10.1 Å². The molecule has 3 aromatic carbocycles. The molecule has 170 valence electrons.